The number of rotatable bonds is 4. The summed E-state index contributed by atoms with van der Waals surface area (Å²) in [6.07, 6.45) is 1.35. The summed E-state index contributed by atoms with van der Waals surface area (Å²) in [4.78, 5) is 13.9. The zero-order valence-electron chi connectivity index (χ0n) is 12.6. The topological polar surface area (TPSA) is 57.7 Å². The van der Waals surface area contributed by atoms with Crippen LogP contribution in [0.15, 0.2) is 29.2 Å². The summed E-state index contributed by atoms with van der Waals surface area (Å²) < 4.78 is 26.5. The normalized spacial score (nSPS) is 17.0. The quantitative estimate of drug-likeness (QED) is 0.849. The Morgan fingerprint density at radius 1 is 1.10 bits per heavy atom. The third kappa shape index (κ3) is 3.63. The molecule has 1 saturated heterocycles. The van der Waals surface area contributed by atoms with E-state index in [-0.39, 0.29) is 5.91 Å². The Morgan fingerprint density at radius 3 is 2.19 bits per heavy atom. The molecule has 1 aromatic rings. The molecular weight excluding hydrogens is 288 g/mol. The number of sulfonamides is 1. The minimum absolute atomic E-state index is 0.116. The highest BCUT2D eigenvalue weighted by atomic mass is 32.2. The fourth-order valence-corrected chi connectivity index (χ4v) is 3.83. The number of piperazine rings is 1. The molecule has 1 aliphatic heterocycles. The van der Waals surface area contributed by atoms with E-state index in [1.807, 2.05) is 13.8 Å². The lowest BCUT2D eigenvalue weighted by atomic mass is 10.2. The Bertz CT molecular complexity index is 588. The second-order valence-corrected chi connectivity index (χ2v) is 7.29. The maximum absolute atomic E-state index is 12.5. The Labute approximate surface area is 126 Å². The van der Waals surface area contributed by atoms with Crippen LogP contribution in [0.1, 0.15) is 25.3 Å². The van der Waals surface area contributed by atoms with Crippen LogP contribution in [-0.4, -0.2) is 49.7 Å². The summed E-state index contributed by atoms with van der Waals surface area (Å²) in [6.45, 7) is 5.58. The Hall–Kier alpha value is -1.40. The highest BCUT2D eigenvalue weighted by Gasteiger charge is 2.29. The minimum atomic E-state index is -3.44. The third-order valence-electron chi connectivity index (χ3n) is 3.71. The maximum Gasteiger partial charge on any atom is 0.243 e. The molecule has 0 saturated carbocycles. The van der Waals surface area contributed by atoms with Crippen molar-refractivity contribution in [3.63, 3.8) is 0 Å². The van der Waals surface area contributed by atoms with Crippen LogP contribution in [0.25, 0.3) is 0 Å². The fourth-order valence-electron chi connectivity index (χ4n) is 2.41. The molecule has 1 heterocycles. The Balaban J connectivity index is 2.04. The van der Waals surface area contributed by atoms with Crippen molar-refractivity contribution in [1.29, 1.82) is 0 Å². The predicted octanol–water partition coefficient (Wildman–Crippen LogP) is 1.63. The first kappa shape index (κ1) is 16.0. The molecule has 21 heavy (non-hydrogen) atoms. The molecule has 1 aliphatic rings. The third-order valence-corrected chi connectivity index (χ3v) is 5.63. The van der Waals surface area contributed by atoms with Crippen molar-refractivity contribution in [2.24, 2.45) is 0 Å². The van der Waals surface area contributed by atoms with E-state index in [1.54, 1.807) is 29.2 Å². The van der Waals surface area contributed by atoms with Crippen molar-refractivity contribution in [3.05, 3.63) is 29.8 Å². The van der Waals surface area contributed by atoms with Gasteiger partial charge in [-0.2, -0.15) is 4.31 Å². The first-order valence-electron chi connectivity index (χ1n) is 7.29. The average Bonchev–Trinajstić information content (AvgIpc) is 2.48. The van der Waals surface area contributed by atoms with Gasteiger partial charge in [-0.15, -0.1) is 0 Å². The van der Waals surface area contributed by atoms with Crippen LogP contribution in [0, 0.1) is 6.92 Å². The molecule has 1 fully saturated rings. The number of nitrogens with zero attached hydrogens (tertiary/aromatic N) is 2. The summed E-state index contributed by atoms with van der Waals surface area (Å²) in [5, 5.41) is 0. The molecule has 0 aromatic heterocycles. The number of aryl methyl sites for hydroxylation is 1. The second kappa shape index (κ2) is 6.58. The van der Waals surface area contributed by atoms with Gasteiger partial charge in [-0.3, -0.25) is 4.79 Å². The summed E-state index contributed by atoms with van der Waals surface area (Å²) in [5.74, 6) is 0.116. The molecular formula is C15H22N2O3S. The highest BCUT2D eigenvalue weighted by molar-refractivity contribution is 7.89. The molecule has 1 aromatic carbocycles. The largest absolute Gasteiger partial charge is 0.340 e. The molecule has 0 radical (unpaired) electrons. The highest BCUT2D eigenvalue weighted by Crippen LogP contribution is 2.18. The van der Waals surface area contributed by atoms with Crippen LogP contribution in [0.3, 0.4) is 0 Å². The Morgan fingerprint density at radius 2 is 1.67 bits per heavy atom. The van der Waals surface area contributed by atoms with E-state index >= 15 is 0 Å². The molecule has 1 amide bonds. The van der Waals surface area contributed by atoms with Crippen LogP contribution < -0.4 is 0 Å². The van der Waals surface area contributed by atoms with Gasteiger partial charge in [0.2, 0.25) is 15.9 Å². The lowest BCUT2D eigenvalue weighted by Crippen LogP contribution is -2.50. The molecule has 0 aliphatic carbocycles. The van der Waals surface area contributed by atoms with Gasteiger partial charge in [0, 0.05) is 32.6 Å². The SMILES string of the molecule is CCCC(=O)N1CCN(S(=O)(=O)c2ccc(C)cc2)CC1. The van der Waals surface area contributed by atoms with Gasteiger partial charge < -0.3 is 4.90 Å². The number of carbonyl (C=O) groups is 1. The van der Waals surface area contributed by atoms with Crippen molar-refractivity contribution >= 4 is 15.9 Å². The first-order chi connectivity index (χ1) is 9.95. The van der Waals surface area contributed by atoms with E-state index < -0.39 is 10.0 Å². The van der Waals surface area contributed by atoms with Crippen molar-refractivity contribution in [2.75, 3.05) is 26.2 Å². The molecule has 116 valence electrons. The van der Waals surface area contributed by atoms with Gasteiger partial charge in [-0.25, -0.2) is 8.42 Å². The van der Waals surface area contributed by atoms with Crippen LogP contribution in [0.5, 0.6) is 0 Å². The van der Waals surface area contributed by atoms with E-state index in [2.05, 4.69) is 0 Å². The summed E-state index contributed by atoms with van der Waals surface area (Å²) in [6, 6.07) is 6.88. The molecule has 5 nitrogen and oxygen atoms in total. The monoisotopic (exact) mass is 310 g/mol. The predicted molar refractivity (Wildman–Crippen MR) is 81.4 cm³/mol. The van der Waals surface area contributed by atoms with Gasteiger partial charge in [0.25, 0.3) is 0 Å². The zero-order chi connectivity index (χ0) is 15.5. The van der Waals surface area contributed by atoms with E-state index in [0.29, 0.717) is 37.5 Å². The van der Waals surface area contributed by atoms with Gasteiger partial charge in [0.05, 0.1) is 4.90 Å². The van der Waals surface area contributed by atoms with Crippen molar-refractivity contribution < 1.29 is 13.2 Å². The molecule has 0 bridgehead atoms. The summed E-state index contributed by atoms with van der Waals surface area (Å²) >= 11 is 0. The van der Waals surface area contributed by atoms with Gasteiger partial charge in [-0.05, 0) is 25.5 Å². The molecule has 2 rings (SSSR count). The lowest BCUT2D eigenvalue weighted by molar-refractivity contribution is -0.132. The number of hydrogen-bond acceptors (Lipinski definition) is 3. The molecule has 0 atom stereocenters. The van der Waals surface area contributed by atoms with Crippen molar-refractivity contribution in [1.82, 2.24) is 9.21 Å². The van der Waals surface area contributed by atoms with Gasteiger partial charge in [-0.1, -0.05) is 24.6 Å². The average molecular weight is 310 g/mol. The summed E-state index contributed by atoms with van der Waals surface area (Å²) in [7, 11) is -3.44. The molecule has 6 heteroatoms. The van der Waals surface area contributed by atoms with Crippen LogP contribution in [-0.2, 0) is 14.8 Å². The fraction of sp³-hybridized carbons (Fsp3) is 0.533. The van der Waals surface area contributed by atoms with E-state index in [1.165, 1.54) is 4.31 Å². The lowest BCUT2D eigenvalue weighted by Gasteiger charge is -2.34. The van der Waals surface area contributed by atoms with Crippen LogP contribution >= 0.6 is 0 Å². The standard InChI is InChI=1S/C15H22N2O3S/c1-3-4-15(18)16-9-11-17(12-10-16)21(19,20)14-7-5-13(2)6-8-14/h5-8H,3-4,9-12H2,1-2H3. The smallest absolute Gasteiger partial charge is 0.243 e. The molecule has 0 unspecified atom stereocenters. The van der Waals surface area contributed by atoms with E-state index in [4.69, 9.17) is 0 Å². The number of benzene rings is 1. The van der Waals surface area contributed by atoms with Gasteiger partial charge in [0.15, 0.2) is 0 Å². The van der Waals surface area contributed by atoms with Gasteiger partial charge >= 0.3 is 0 Å². The van der Waals surface area contributed by atoms with Crippen LogP contribution in [0.2, 0.25) is 0 Å². The molecule has 0 spiro atoms. The van der Waals surface area contributed by atoms with Gasteiger partial charge in [0.1, 0.15) is 0 Å². The van der Waals surface area contributed by atoms with Crippen molar-refractivity contribution in [2.45, 2.75) is 31.6 Å². The Kier molecular flexibility index (Phi) is 5.00. The molecule has 0 N–H and O–H groups in total. The number of amides is 1. The van der Waals surface area contributed by atoms with Crippen LogP contribution in [0.4, 0.5) is 0 Å². The zero-order valence-corrected chi connectivity index (χ0v) is 13.4. The number of carbonyl (C=O) groups excluding carboxylic acids is 1. The van der Waals surface area contributed by atoms with E-state index in [9.17, 15) is 13.2 Å². The second-order valence-electron chi connectivity index (χ2n) is 5.35. The summed E-state index contributed by atoms with van der Waals surface area (Å²) in [5.41, 5.74) is 1.03. The minimum Gasteiger partial charge on any atom is -0.340 e. The number of hydrogen-bond donors (Lipinski definition) is 0. The van der Waals surface area contributed by atoms with Crippen molar-refractivity contribution in [3.8, 4) is 0 Å². The maximum atomic E-state index is 12.5. The first-order valence-corrected chi connectivity index (χ1v) is 8.73. The van der Waals surface area contributed by atoms with E-state index in [0.717, 1.165) is 12.0 Å².